The van der Waals surface area contributed by atoms with E-state index in [2.05, 4.69) is 6.58 Å². The molecule has 2 heteroatoms. The van der Waals surface area contributed by atoms with Crippen LogP contribution in [-0.4, -0.2) is 5.97 Å². The van der Waals surface area contributed by atoms with E-state index in [1.807, 2.05) is 6.92 Å². The number of hydrogen-bond acceptors (Lipinski definition) is 2. The first-order chi connectivity index (χ1) is 6.70. The largest absolute Gasteiger partial charge is 0.428 e. The predicted molar refractivity (Wildman–Crippen MR) is 54.4 cm³/mol. The van der Waals surface area contributed by atoms with Crippen LogP contribution in [-0.2, 0) is 9.53 Å². The van der Waals surface area contributed by atoms with Gasteiger partial charge in [0.05, 0.1) is 0 Å². The van der Waals surface area contributed by atoms with Crippen LogP contribution in [0, 0.1) is 11.8 Å². The molecule has 0 aromatic heterocycles. The minimum Gasteiger partial charge on any atom is -0.428 e. The molecule has 0 aliphatic heterocycles. The zero-order chi connectivity index (χ0) is 10.1. The van der Waals surface area contributed by atoms with Gasteiger partial charge in [0.15, 0.2) is 0 Å². The molecule has 2 fully saturated rings. The number of carbonyl (C=O) groups excluding carboxylic acids is 1. The molecule has 76 valence electrons. The second-order valence-electron chi connectivity index (χ2n) is 4.29. The van der Waals surface area contributed by atoms with Crippen molar-refractivity contribution in [2.45, 2.75) is 32.6 Å². The van der Waals surface area contributed by atoms with Crippen LogP contribution in [0.3, 0.4) is 0 Å². The van der Waals surface area contributed by atoms with Crippen molar-refractivity contribution in [3.8, 4) is 0 Å². The zero-order valence-corrected chi connectivity index (χ0v) is 8.58. The van der Waals surface area contributed by atoms with Crippen molar-refractivity contribution in [2.75, 3.05) is 0 Å². The van der Waals surface area contributed by atoms with Crippen molar-refractivity contribution in [3.63, 3.8) is 0 Å². The average molecular weight is 192 g/mol. The second-order valence-corrected chi connectivity index (χ2v) is 4.29. The summed E-state index contributed by atoms with van der Waals surface area (Å²) in [5.41, 5.74) is 1.37. The summed E-state index contributed by atoms with van der Waals surface area (Å²) in [5.74, 6) is 2.03. The van der Waals surface area contributed by atoms with Crippen LogP contribution < -0.4 is 0 Å². The average Bonchev–Trinajstić information content (AvgIpc) is 2.78. The lowest BCUT2D eigenvalue weighted by Gasteiger charge is -2.15. The number of ether oxygens (including phenoxy) is 1. The van der Waals surface area contributed by atoms with Gasteiger partial charge < -0.3 is 4.74 Å². The van der Waals surface area contributed by atoms with Gasteiger partial charge in [-0.15, -0.1) is 0 Å². The number of hydrogen-bond donors (Lipinski definition) is 0. The third-order valence-electron chi connectivity index (χ3n) is 3.42. The van der Waals surface area contributed by atoms with Gasteiger partial charge in [-0.3, -0.25) is 0 Å². The van der Waals surface area contributed by atoms with E-state index >= 15 is 0 Å². The molecule has 0 radical (unpaired) electrons. The Labute approximate surface area is 84.6 Å². The molecular formula is C12H16O2. The van der Waals surface area contributed by atoms with E-state index < -0.39 is 0 Å². The molecule has 2 bridgehead atoms. The fourth-order valence-corrected chi connectivity index (χ4v) is 2.74. The lowest BCUT2D eigenvalue weighted by Crippen LogP contribution is -2.06. The fraction of sp³-hybridized carbons (Fsp3) is 0.583. The smallest absolute Gasteiger partial charge is 0.335 e. The van der Waals surface area contributed by atoms with Crippen LogP contribution in [0.25, 0.3) is 0 Å². The van der Waals surface area contributed by atoms with E-state index in [9.17, 15) is 4.79 Å². The van der Waals surface area contributed by atoms with E-state index in [1.54, 1.807) is 0 Å². The van der Waals surface area contributed by atoms with Gasteiger partial charge in [-0.25, -0.2) is 4.79 Å². The summed E-state index contributed by atoms with van der Waals surface area (Å²) in [6.45, 7) is 5.29. The highest BCUT2D eigenvalue weighted by atomic mass is 16.5. The van der Waals surface area contributed by atoms with E-state index in [1.165, 1.54) is 30.9 Å². The molecule has 2 aliphatic rings. The topological polar surface area (TPSA) is 26.3 Å². The van der Waals surface area contributed by atoms with Crippen molar-refractivity contribution < 1.29 is 9.53 Å². The first-order valence-corrected chi connectivity index (χ1v) is 5.24. The molecular weight excluding hydrogens is 176 g/mol. The van der Waals surface area contributed by atoms with E-state index in [0.717, 1.165) is 18.1 Å². The molecule has 2 unspecified atom stereocenters. The maximum absolute atomic E-state index is 11.0. The number of allylic oxidation sites excluding steroid dienone is 2. The highest BCUT2D eigenvalue weighted by molar-refractivity contribution is 5.82. The molecule has 0 amide bonds. The van der Waals surface area contributed by atoms with Gasteiger partial charge in [-0.05, 0) is 50.0 Å². The zero-order valence-electron chi connectivity index (χ0n) is 8.58. The van der Waals surface area contributed by atoms with Crippen molar-refractivity contribution in [1.29, 1.82) is 0 Å². The molecule has 2 atom stereocenters. The summed E-state index contributed by atoms with van der Waals surface area (Å²) in [5, 5.41) is 0. The lowest BCUT2D eigenvalue weighted by molar-refractivity contribution is -0.133. The maximum Gasteiger partial charge on any atom is 0.335 e. The maximum atomic E-state index is 11.0. The Balaban J connectivity index is 2.08. The Hall–Kier alpha value is -1.05. The molecule has 0 N–H and O–H groups in total. The predicted octanol–water partition coefficient (Wildman–Crippen LogP) is 2.81. The quantitative estimate of drug-likeness (QED) is 0.382. The highest BCUT2D eigenvalue weighted by Crippen LogP contribution is 2.49. The van der Waals surface area contributed by atoms with E-state index in [0.29, 0.717) is 5.92 Å². The second kappa shape index (κ2) is 3.60. The first kappa shape index (κ1) is 9.50. The number of fused-ring (bicyclic) bond motifs is 2. The fourth-order valence-electron chi connectivity index (χ4n) is 2.74. The Bertz CT molecular complexity index is 301. The summed E-state index contributed by atoms with van der Waals surface area (Å²) < 4.78 is 5.16. The summed E-state index contributed by atoms with van der Waals surface area (Å²) in [6.07, 6.45) is 6.30. The van der Waals surface area contributed by atoms with Crippen molar-refractivity contribution in [1.82, 2.24) is 0 Å². The minimum absolute atomic E-state index is 0.335. The SMILES string of the molecule is C=CC(=O)OC(C)=C1CC2CCC1C2. The normalized spacial score (nSPS) is 32.9. The Morgan fingerprint density at radius 2 is 2.36 bits per heavy atom. The van der Waals surface area contributed by atoms with Gasteiger partial charge in [-0.2, -0.15) is 0 Å². The summed E-state index contributed by atoms with van der Waals surface area (Å²) in [4.78, 5) is 11.0. The molecule has 0 heterocycles. The summed E-state index contributed by atoms with van der Waals surface area (Å²) in [7, 11) is 0. The first-order valence-electron chi connectivity index (χ1n) is 5.24. The van der Waals surface area contributed by atoms with E-state index in [4.69, 9.17) is 4.74 Å². The van der Waals surface area contributed by atoms with Crippen LogP contribution in [0.15, 0.2) is 24.0 Å². The lowest BCUT2D eigenvalue weighted by atomic mass is 9.94. The monoisotopic (exact) mass is 192 g/mol. The molecule has 2 saturated carbocycles. The van der Waals surface area contributed by atoms with Gasteiger partial charge >= 0.3 is 5.97 Å². The number of carbonyl (C=O) groups is 1. The molecule has 2 rings (SSSR count). The molecule has 0 aromatic rings. The Kier molecular flexibility index (Phi) is 2.44. The van der Waals surface area contributed by atoms with Crippen molar-refractivity contribution in [2.24, 2.45) is 11.8 Å². The van der Waals surface area contributed by atoms with Crippen molar-refractivity contribution in [3.05, 3.63) is 24.0 Å². The van der Waals surface area contributed by atoms with Crippen LogP contribution >= 0.6 is 0 Å². The molecule has 2 nitrogen and oxygen atoms in total. The van der Waals surface area contributed by atoms with Gasteiger partial charge in [0.1, 0.15) is 5.76 Å². The van der Waals surface area contributed by atoms with Crippen LogP contribution in [0.1, 0.15) is 32.6 Å². The summed E-state index contributed by atoms with van der Waals surface area (Å²) >= 11 is 0. The standard InChI is InChI=1S/C12H16O2/c1-3-12(13)14-8(2)11-7-9-4-5-10(11)6-9/h3,9-10H,1,4-7H2,2H3. The Morgan fingerprint density at radius 1 is 1.57 bits per heavy atom. The third kappa shape index (κ3) is 1.61. The van der Waals surface area contributed by atoms with Crippen LogP contribution in [0.5, 0.6) is 0 Å². The third-order valence-corrected chi connectivity index (χ3v) is 3.42. The Morgan fingerprint density at radius 3 is 2.86 bits per heavy atom. The van der Waals surface area contributed by atoms with Gasteiger partial charge in [0.25, 0.3) is 0 Å². The number of rotatable bonds is 2. The summed E-state index contributed by atoms with van der Waals surface area (Å²) in [6, 6.07) is 0. The number of esters is 1. The van der Waals surface area contributed by atoms with Crippen molar-refractivity contribution >= 4 is 5.97 Å². The molecule has 0 aromatic carbocycles. The minimum atomic E-state index is -0.335. The van der Waals surface area contributed by atoms with Gasteiger partial charge in [-0.1, -0.05) is 6.58 Å². The van der Waals surface area contributed by atoms with E-state index in [-0.39, 0.29) is 5.97 Å². The van der Waals surface area contributed by atoms with Crippen LogP contribution in [0.4, 0.5) is 0 Å². The van der Waals surface area contributed by atoms with Crippen LogP contribution in [0.2, 0.25) is 0 Å². The molecule has 14 heavy (non-hydrogen) atoms. The highest BCUT2D eigenvalue weighted by Gasteiger charge is 2.37. The molecule has 2 aliphatic carbocycles. The van der Waals surface area contributed by atoms with Gasteiger partial charge in [0, 0.05) is 6.08 Å². The molecule has 0 saturated heterocycles. The van der Waals surface area contributed by atoms with Gasteiger partial charge in [0.2, 0.25) is 0 Å². The molecule has 0 spiro atoms.